The summed E-state index contributed by atoms with van der Waals surface area (Å²) in [5.74, 6) is 0.856. The van der Waals surface area contributed by atoms with E-state index in [0.29, 0.717) is 0 Å². The SMILES string of the molecule is CNC(OC)c1ccc(OC)cc1. The van der Waals surface area contributed by atoms with Gasteiger partial charge in [-0.2, -0.15) is 0 Å². The minimum absolute atomic E-state index is 0.0501. The second kappa shape index (κ2) is 4.84. The number of hydrogen-bond donors (Lipinski definition) is 1. The maximum atomic E-state index is 5.21. The minimum atomic E-state index is -0.0501. The Morgan fingerprint density at radius 1 is 1.15 bits per heavy atom. The lowest BCUT2D eigenvalue weighted by atomic mass is 10.2. The van der Waals surface area contributed by atoms with E-state index in [1.54, 1.807) is 14.2 Å². The van der Waals surface area contributed by atoms with E-state index in [2.05, 4.69) is 5.32 Å². The Morgan fingerprint density at radius 2 is 1.77 bits per heavy atom. The van der Waals surface area contributed by atoms with Crippen LogP contribution >= 0.6 is 0 Å². The highest BCUT2D eigenvalue weighted by Crippen LogP contribution is 2.17. The smallest absolute Gasteiger partial charge is 0.133 e. The highest BCUT2D eigenvalue weighted by Gasteiger charge is 2.05. The zero-order valence-corrected chi connectivity index (χ0v) is 8.20. The Hall–Kier alpha value is -1.06. The first kappa shape index (κ1) is 10.0. The Bertz CT molecular complexity index is 242. The predicted octanol–water partition coefficient (Wildman–Crippen LogP) is 1.56. The van der Waals surface area contributed by atoms with Gasteiger partial charge in [0.2, 0.25) is 0 Å². The molecule has 0 fully saturated rings. The number of rotatable bonds is 4. The van der Waals surface area contributed by atoms with Crippen molar-refractivity contribution in [3.63, 3.8) is 0 Å². The average molecular weight is 181 g/mol. The molecule has 1 N–H and O–H groups in total. The Balaban J connectivity index is 2.78. The van der Waals surface area contributed by atoms with Gasteiger partial charge in [0.15, 0.2) is 0 Å². The molecular formula is C10H15NO2. The summed E-state index contributed by atoms with van der Waals surface area (Å²) in [6, 6.07) is 7.78. The summed E-state index contributed by atoms with van der Waals surface area (Å²) in [5, 5.41) is 3.04. The summed E-state index contributed by atoms with van der Waals surface area (Å²) < 4.78 is 10.3. The lowest BCUT2D eigenvalue weighted by Crippen LogP contribution is -2.17. The summed E-state index contributed by atoms with van der Waals surface area (Å²) in [6.45, 7) is 0. The molecule has 0 bridgehead atoms. The maximum Gasteiger partial charge on any atom is 0.133 e. The molecule has 0 aliphatic carbocycles. The van der Waals surface area contributed by atoms with E-state index in [1.807, 2.05) is 31.3 Å². The van der Waals surface area contributed by atoms with Gasteiger partial charge < -0.3 is 9.47 Å². The second-order valence-electron chi connectivity index (χ2n) is 2.68. The number of nitrogens with one attached hydrogen (secondary N) is 1. The molecule has 0 saturated heterocycles. The van der Waals surface area contributed by atoms with Gasteiger partial charge in [-0.05, 0) is 24.7 Å². The van der Waals surface area contributed by atoms with Crippen molar-refractivity contribution in [2.24, 2.45) is 0 Å². The van der Waals surface area contributed by atoms with Crippen LogP contribution in [0.25, 0.3) is 0 Å². The van der Waals surface area contributed by atoms with E-state index in [9.17, 15) is 0 Å². The van der Waals surface area contributed by atoms with E-state index in [1.165, 1.54) is 0 Å². The Kier molecular flexibility index (Phi) is 3.73. The van der Waals surface area contributed by atoms with Gasteiger partial charge in [-0.3, -0.25) is 5.32 Å². The van der Waals surface area contributed by atoms with Crippen LogP contribution in [0.4, 0.5) is 0 Å². The summed E-state index contributed by atoms with van der Waals surface area (Å²) in [4.78, 5) is 0. The van der Waals surface area contributed by atoms with Crippen LogP contribution in [0.5, 0.6) is 5.75 Å². The lowest BCUT2D eigenvalue weighted by Gasteiger charge is -2.14. The summed E-state index contributed by atoms with van der Waals surface area (Å²) in [5.41, 5.74) is 1.09. The van der Waals surface area contributed by atoms with E-state index in [-0.39, 0.29) is 6.23 Å². The van der Waals surface area contributed by atoms with Gasteiger partial charge in [0, 0.05) is 7.11 Å². The molecule has 0 aliphatic rings. The van der Waals surface area contributed by atoms with E-state index < -0.39 is 0 Å². The molecule has 3 nitrogen and oxygen atoms in total. The summed E-state index contributed by atoms with van der Waals surface area (Å²) in [7, 11) is 5.19. The molecule has 0 radical (unpaired) electrons. The van der Waals surface area contributed by atoms with Gasteiger partial charge in [-0.1, -0.05) is 12.1 Å². The molecule has 1 rings (SSSR count). The highest BCUT2D eigenvalue weighted by atomic mass is 16.5. The lowest BCUT2D eigenvalue weighted by molar-refractivity contribution is 0.0808. The van der Waals surface area contributed by atoms with E-state index >= 15 is 0 Å². The van der Waals surface area contributed by atoms with Crippen LogP contribution in [-0.2, 0) is 4.74 Å². The van der Waals surface area contributed by atoms with Gasteiger partial charge in [-0.15, -0.1) is 0 Å². The zero-order valence-electron chi connectivity index (χ0n) is 8.20. The number of ether oxygens (including phenoxy) is 2. The standard InChI is InChI=1S/C10H15NO2/c1-11-10(13-3)8-4-6-9(12-2)7-5-8/h4-7,10-11H,1-3H3. The second-order valence-corrected chi connectivity index (χ2v) is 2.68. The van der Waals surface area contributed by atoms with Crippen LogP contribution < -0.4 is 10.1 Å². The van der Waals surface area contributed by atoms with Crippen LogP contribution in [-0.4, -0.2) is 21.3 Å². The van der Waals surface area contributed by atoms with Crippen molar-refractivity contribution in [3.05, 3.63) is 29.8 Å². The fraction of sp³-hybridized carbons (Fsp3) is 0.400. The quantitative estimate of drug-likeness (QED) is 0.715. The van der Waals surface area contributed by atoms with E-state index in [4.69, 9.17) is 9.47 Å². The Labute approximate surface area is 78.7 Å². The molecule has 0 spiro atoms. The van der Waals surface area contributed by atoms with Crippen LogP contribution in [0.2, 0.25) is 0 Å². The molecule has 0 aromatic heterocycles. The maximum absolute atomic E-state index is 5.21. The van der Waals surface area contributed by atoms with Crippen LogP contribution in [0.1, 0.15) is 11.8 Å². The summed E-state index contributed by atoms with van der Waals surface area (Å²) in [6.07, 6.45) is -0.0501. The van der Waals surface area contributed by atoms with Crippen LogP contribution in [0.15, 0.2) is 24.3 Å². The van der Waals surface area contributed by atoms with Gasteiger partial charge in [0.25, 0.3) is 0 Å². The molecule has 1 atom stereocenters. The van der Waals surface area contributed by atoms with Gasteiger partial charge in [0.1, 0.15) is 12.0 Å². The molecular weight excluding hydrogens is 166 g/mol. The van der Waals surface area contributed by atoms with Gasteiger partial charge in [-0.25, -0.2) is 0 Å². The monoisotopic (exact) mass is 181 g/mol. The summed E-state index contributed by atoms with van der Waals surface area (Å²) >= 11 is 0. The van der Waals surface area contributed by atoms with Crippen molar-refractivity contribution >= 4 is 0 Å². The van der Waals surface area contributed by atoms with Crippen molar-refractivity contribution in [2.45, 2.75) is 6.23 Å². The molecule has 1 unspecified atom stereocenters. The minimum Gasteiger partial charge on any atom is -0.497 e. The average Bonchev–Trinajstić information content (AvgIpc) is 2.21. The molecule has 13 heavy (non-hydrogen) atoms. The first-order valence-electron chi connectivity index (χ1n) is 4.16. The van der Waals surface area contributed by atoms with Crippen LogP contribution in [0, 0.1) is 0 Å². The normalized spacial score (nSPS) is 12.5. The number of methoxy groups -OCH3 is 2. The topological polar surface area (TPSA) is 30.5 Å². The third-order valence-electron chi connectivity index (χ3n) is 1.92. The first-order chi connectivity index (χ1) is 6.31. The van der Waals surface area contributed by atoms with Crippen molar-refractivity contribution < 1.29 is 9.47 Å². The van der Waals surface area contributed by atoms with Crippen molar-refractivity contribution in [1.82, 2.24) is 5.32 Å². The molecule has 0 saturated carbocycles. The van der Waals surface area contributed by atoms with Crippen molar-refractivity contribution in [1.29, 1.82) is 0 Å². The molecule has 0 aliphatic heterocycles. The molecule has 1 aromatic carbocycles. The van der Waals surface area contributed by atoms with Crippen molar-refractivity contribution in [3.8, 4) is 5.75 Å². The fourth-order valence-corrected chi connectivity index (χ4v) is 1.20. The third kappa shape index (κ3) is 2.44. The highest BCUT2D eigenvalue weighted by molar-refractivity contribution is 5.28. The zero-order chi connectivity index (χ0) is 9.68. The molecule has 0 amide bonds. The third-order valence-corrected chi connectivity index (χ3v) is 1.92. The molecule has 0 heterocycles. The van der Waals surface area contributed by atoms with Crippen LogP contribution in [0.3, 0.4) is 0 Å². The largest absolute Gasteiger partial charge is 0.497 e. The Morgan fingerprint density at radius 3 is 2.15 bits per heavy atom. The fourth-order valence-electron chi connectivity index (χ4n) is 1.20. The number of hydrogen-bond acceptors (Lipinski definition) is 3. The molecule has 3 heteroatoms. The first-order valence-corrected chi connectivity index (χ1v) is 4.16. The molecule has 1 aromatic rings. The molecule has 72 valence electrons. The predicted molar refractivity (Wildman–Crippen MR) is 51.8 cm³/mol. The van der Waals surface area contributed by atoms with Crippen molar-refractivity contribution in [2.75, 3.05) is 21.3 Å². The number of benzene rings is 1. The van der Waals surface area contributed by atoms with E-state index in [0.717, 1.165) is 11.3 Å². The van der Waals surface area contributed by atoms with Gasteiger partial charge >= 0.3 is 0 Å². The van der Waals surface area contributed by atoms with Gasteiger partial charge in [0.05, 0.1) is 7.11 Å².